The van der Waals surface area contributed by atoms with Gasteiger partial charge in [-0.05, 0) is 30.7 Å². The molecule has 0 spiro atoms. The van der Waals surface area contributed by atoms with Crippen molar-refractivity contribution in [1.82, 2.24) is 4.98 Å². The highest BCUT2D eigenvalue weighted by molar-refractivity contribution is 5.93. The molecule has 4 heteroatoms. The fraction of sp³-hybridized carbons (Fsp3) is 0.0769. The van der Waals surface area contributed by atoms with Crippen LogP contribution in [0.2, 0.25) is 0 Å². The van der Waals surface area contributed by atoms with Crippen molar-refractivity contribution < 1.29 is 14.3 Å². The average molecular weight is 231 g/mol. The molecular formula is C13H10FNO2. The van der Waals surface area contributed by atoms with E-state index in [9.17, 15) is 9.18 Å². The van der Waals surface area contributed by atoms with Gasteiger partial charge in [-0.15, -0.1) is 0 Å². The number of pyridine rings is 1. The van der Waals surface area contributed by atoms with Crippen LogP contribution in [0, 0.1) is 12.7 Å². The lowest BCUT2D eigenvalue weighted by Crippen LogP contribution is -2.04. The highest BCUT2D eigenvalue weighted by atomic mass is 19.1. The Morgan fingerprint density at radius 3 is 2.41 bits per heavy atom. The zero-order valence-corrected chi connectivity index (χ0v) is 9.14. The molecule has 3 nitrogen and oxygen atoms in total. The fourth-order valence-electron chi connectivity index (χ4n) is 1.58. The second kappa shape index (κ2) is 4.33. The zero-order chi connectivity index (χ0) is 12.4. The van der Waals surface area contributed by atoms with Crippen LogP contribution in [-0.4, -0.2) is 16.1 Å². The molecule has 0 bridgehead atoms. The topological polar surface area (TPSA) is 50.2 Å². The minimum atomic E-state index is -1.09. The van der Waals surface area contributed by atoms with Crippen LogP contribution < -0.4 is 0 Å². The summed E-state index contributed by atoms with van der Waals surface area (Å²) in [6, 6.07) is 9.06. The van der Waals surface area contributed by atoms with Crippen LogP contribution >= 0.6 is 0 Å². The minimum absolute atomic E-state index is 0.0170. The number of aromatic nitrogens is 1. The number of halogens is 1. The molecule has 2 rings (SSSR count). The van der Waals surface area contributed by atoms with Crippen molar-refractivity contribution in [3.8, 4) is 11.1 Å². The third-order valence-electron chi connectivity index (χ3n) is 2.39. The van der Waals surface area contributed by atoms with Crippen LogP contribution in [0.5, 0.6) is 0 Å². The maximum absolute atomic E-state index is 12.8. The number of aromatic carboxylic acids is 1. The van der Waals surface area contributed by atoms with Crippen LogP contribution in [0.1, 0.15) is 16.2 Å². The molecule has 1 N–H and O–H groups in total. The number of hydrogen-bond donors (Lipinski definition) is 1. The molecule has 0 atom stereocenters. The number of aryl methyl sites for hydroxylation is 1. The van der Waals surface area contributed by atoms with Gasteiger partial charge in [0.25, 0.3) is 0 Å². The van der Waals surface area contributed by atoms with Crippen molar-refractivity contribution in [2.45, 2.75) is 6.92 Å². The summed E-state index contributed by atoms with van der Waals surface area (Å²) >= 11 is 0. The van der Waals surface area contributed by atoms with Crippen molar-refractivity contribution >= 4 is 5.97 Å². The maximum atomic E-state index is 12.8. The number of carboxylic acids is 1. The summed E-state index contributed by atoms with van der Waals surface area (Å²) in [6.07, 6.45) is 0. The second-order valence-corrected chi connectivity index (χ2v) is 3.66. The molecule has 0 radical (unpaired) electrons. The molecule has 0 aliphatic carbocycles. The molecule has 2 aromatic rings. The predicted molar refractivity (Wildman–Crippen MR) is 61.3 cm³/mol. The van der Waals surface area contributed by atoms with Gasteiger partial charge in [0.1, 0.15) is 5.82 Å². The first-order valence-electron chi connectivity index (χ1n) is 5.05. The van der Waals surface area contributed by atoms with Crippen molar-refractivity contribution in [2.24, 2.45) is 0 Å². The Morgan fingerprint density at radius 1 is 1.18 bits per heavy atom. The molecular weight excluding hydrogens is 221 g/mol. The summed E-state index contributed by atoms with van der Waals surface area (Å²) in [5.74, 6) is -1.45. The minimum Gasteiger partial charge on any atom is -0.476 e. The van der Waals surface area contributed by atoms with Crippen LogP contribution in [-0.2, 0) is 0 Å². The Labute approximate surface area is 97.6 Å². The molecule has 1 aromatic heterocycles. The molecule has 0 fully saturated rings. The number of benzene rings is 1. The highest BCUT2D eigenvalue weighted by Crippen LogP contribution is 2.23. The van der Waals surface area contributed by atoms with Gasteiger partial charge >= 0.3 is 5.97 Å². The number of rotatable bonds is 2. The highest BCUT2D eigenvalue weighted by Gasteiger charge is 2.13. The van der Waals surface area contributed by atoms with Crippen molar-refractivity contribution in [3.05, 3.63) is 53.6 Å². The lowest BCUT2D eigenvalue weighted by molar-refractivity contribution is 0.0691. The van der Waals surface area contributed by atoms with Gasteiger partial charge in [-0.2, -0.15) is 0 Å². The van der Waals surface area contributed by atoms with E-state index in [1.54, 1.807) is 19.1 Å². The van der Waals surface area contributed by atoms with E-state index in [0.29, 0.717) is 16.8 Å². The third-order valence-corrected chi connectivity index (χ3v) is 2.39. The average Bonchev–Trinajstić information content (AvgIpc) is 2.30. The first-order chi connectivity index (χ1) is 8.08. The molecule has 0 saturated heterocycles. The van der Waals surface area contributed by atoms with E-state index in [1.807, 2.05) is 0 Å². The van der Waals surface area contributed by atoms with E-state index in [4.69, 9.17) is 5.11 Å². The smallest absolute Gasteiger partial charge is 0.355 e. The summed E-state index contributed by atoms with van der Waals surface area (Å²) in [4.78, 5) is 15.1. The van der Waals surface area contributed by atoms with Gasteiger partial charge in [-0.25, -0.2) is 14.2 Å². The second-order valence-electron chi connectivity index (χ2n) is 3.66. The lowest BCUT2D eigenvalue weighted by Gasteiger charge is -2.06. The molecule has 0 aliphatic heterocycles. The van der Waals surface area contributed by atoms with E-state index in [0.717, 1.165) is 0 Å². The number of hydrogen-bond acceptors (Lipinski definition) is 2. The van der Waals surface area contributed by atoms with Gasteiger partial charge in [0.2, 0.25) is 0 Å². The molecule has 0 unspecified atom stereocenters. The molecule has 0 aliphatic rings. The Kier molecular flexibility index (Phi) is 2.87. The van der Waals surface area contributed by atoms with Crippen LogP contribution in [0.15, 0.2) is 36.4 Å². The summed E-state index contributed by atoms with van der Waals surface area (Å²) in [7, 11) is 0. The predicted octanol–water partition coefficient (Wildman–Crippen LogP) is 2.89. The van der Waals surface area contributed by atoms with Gasteiger partial charge in [-0.1, -0.05) is 18.2 Å². The van der Waals surface area contributed by atoms with Crippen LogP contribution in [0.4, 0.5) is 4.39 Å². The summed E-state index contributed by atoms with van der Waals surface area (Å²) < 4.78 is 12.8. The van der Waals surface area contributed by atoms with Gasteiger partial charge < -0.3 is 5.11 Å². The van der Waals surface area contributed by atoms with Crippen molar-refractivity contribution in [1.29, 1.82) is 0 Å². The van der Waals surface area contributed by atoms with Gasteiger partial charge in [0.15, 0.2) is 5.69 Å². The van der Waals surface area contributed by atoms with Crippen LogP contribution in [0.25, 0.3) is 11.1 Å². The number of nitrogens with zero attached hydrogens (tertiary/aromatic N) is 1. The van der Waals surface area contributed by atoms with Crippen molar-refractivity contribution in [3.63, 3.8) is 0 Å². The van der Waals surface area contributed by atoms with Crippen LogP contribution in [0.3, 0.4) is 0 Å². The summed E-state index contributed by atoms with van der Waals surface area (Å²) in [5, 5.41) is 9.07. The summed E-state index contributed by atoms with van der Waals surface area (Å²) in [6.45, 7) is 1.72. The Morgan fingerprint density at radius 2 is 1.82 bits per heavy atom. The lowest BCUT2D eigenvalue weighted by atomic mass is 10.0. The van der Waals surface area contributed by atoms with Gasteiger partial charge in [0, 0.05) is 11.3 Å². The molecule has 1 aromatic carbocycles. The molecule has 1 heterocycles. The van der Waals surface area contributed by atoms with Gasteiger partial charge in [-0.3, -0.25) is 0 Å². The first kappa shape index (κ1) is 11.3. The van der Waals surface area contributed by atoms with E-state index >= 15 is 0 Å². The maximum Gasteiger partial charge on any atom is 0.355 e. The normalized spacial score (nSPS) is 10.2. The van der Waals surface area contributed by atoms with E-state index in [1.165, 1.54) is 24.3 Å². The monoisotopic (exact) mass is 231 g/mol. The Balaban J connectivity index is 2.58. The number of carbonyl (C=O) groups is 1. The van der Waals surface area contributed by atoms with Gasteiger partial charge in [0.05, 0.1) is 0 Å². The number of carboxylic acid groups (broad SMARTS) is 1. The Hall–Kier alpha value is -2.23. The molecule has 86 valence electrons. The largest absolute Gasteiger partial charge is 0.476 e. The zero-order valence-electron chi connectivity index (χ0n) is 9.14. The molecule has 0 saturated carbocycles. The Bertz CT molecular complexity index is 564. The molecule has 17 heavy (non-hydrogen) atoms. The standard InChI is InChI=1S/C13H10FNO2/c1-8-2-7-11(12(15-8)13(16)17)9-3-5-10(14)6-4-9/h2-7H,1H3,(H,16,17). The quantitative estimate of drug-likeness (QED) is 0.864. The summed E-state index contributed by atoms with van der Waals surface area (Å²) in [5.41, 5.74) is 1.74. The van der Waals surface area contributed by atoms with E-state index in [-0.39, 0.29) is 11.5 Å². The van der Waals surface area contributed by atoms with Crippen molar-refractivity contribution in [2.75, 3.05) is 0 Å². The van der Waals surface area contributed by atoms with E-state index < -0.39 is 5.97 Å². The molecule has 0 amide bonds. The first-order valence-corrected chi connectivity index (χ1v) is 5.05. The third kappa shape index (κ3) is 2.30. The fourth-order valence-corrected chi connectivity index (χ4v) is 1.58. The van der Waals surface area contributed by atoms with E-state index in [2.05, 4.69) is 4.98 Å². The SMILES string of the molecule is Cc1ccc(-c2ccc(F)cc2)c(C(=O)O)n1.